The third kappa shape index (κ3) is 4.07. The SMILES string of the molecule is COc1cc(OC)c(S(=O)(=O)N2CCC(NCC3CC3)CC2)c(OC)c1. The molecule has 26 heavy (non-hydrogen) atoms. The van der Waals surface area contributed by atoms with E-state index in [1.54, 1.807) is 12.1 Å². The number of piperidine rings is 1. The highest BCUT2D eigenvalue weighted by Gasteiger charge is 2.35. The van der Waals surface area contributed by atoms with Crippen LogP contribution < -0.4 is 19.5 Å². The molecule has 0 unspecified atom stereocenters. The summed E-state index contributed by atoms with van der Waals surface area (Å²) in [6.45, 7) is 2.03. The highest BCUT2D eigenvalue weighted by molar-refractivity contribution is 7.89. The van der Waals surface area contributed by atoms with Crippen LogP contribution in [0.5, 0.6) is 17.2 Å². The van der Waals surface area contributed by atoms with Crippen molar-refractivity contribution in [3.05, 3.63) is 12.1 Å². The van der Waals surface area contributed by atoms with Crippen molar-refractivity contribution in [1.29, 1.82) is 0 Å². The maximum Gasteiger partial charge on any atom is 0.250 e. The number of rotatable bonds is 8. The lowest BCUT2D eigenvalue weighted by atomic mass is 10.1. The first kappa shape index (κ1) is 19.3. The summed E-state index contributed by atoms with van der Waals surface area (Å²) >= 11 is 0. The van der Waals surface area contributed by atoms with Gasteiger partial charge >= 0.3 is 0 Å². The molecule has 1 saturated heterocycles. The molecule has 0 radical (unpaired) electrons. The number of sulfonamides is 1. The Morgan fingerprint density at radius 3 is 2.04 bits per heavy atom. The van der Waals surface area contributed by atoms with Crippen LogP contribution in [-0.4, -0.2) is 59.7 Å². The number of nitrogens with zero attached hydrogens (tertiary/aromatic N) is 1. The molecule has 1 aromatic carbocycles. The predicted octanol–water partition coefficient (Wildman–Crippen LogP) is 1.87. The molecule has 1 saturated carbocycles. The minimum Gasteiger partial charge on any atom is -0.496 e. The standard InChI is InChI=1S/C18H28N2O5S/c1-23-15-10-16(24-2)18(17(11-15)25-3)26(21,22)20-8-6-14(7-9-20)19-12-13-4-5-13/h10-11,13-14,19H,4-9,12H2,1-3H3. The lowest BCUT2D eigenvalue weighted by molar-refractivity contribution is 0.285. The molecule has 1 aliphatic carbocycles. The normalized spacial score (nSPS) is 19.3. The molecule has 0 spiro atoms. The van der Waals surface area contributed by atoms with Crippen LogP contribution in [0.15, 0.2) is 17.0 Å². The number of benzene rings is 1. The van der Waals surface area contributed by atoms with Crippen molar-refractivity contribution in [3.63, 3.8) is 0 Å². The van der Waals surface area contributed by atoms with Gasteiger partial charge < -0.3 is 19.5 Å². The van der Waals surface area contributed by atoms with Crippen molar-refractivity contribution in [2.75, 3.05) is 41.0 Å². The van der Waals surface area contributed by atoms with Crippen LogP contribution in [0.25, 0.3) is 0 Å². The second-order valence-corrected chi connectivity index (χ2v) is 8.77. The molecular weight excluding hydrogens is 356 g/mol. The van der Waals surface area contributed by atoms with Crippen molar-refractivity contribution >= 4 is 10.0 Å². The number of hydrogen-bond donors (Lipinski definition) is 1. The Morgan fingerprint density at radius 2 is 1.58 bits per heavy atom. The van der Waals surface area contributed by atoms with E-state index in [1.807, 2.05) is 0 Å². The molecule has 3 rings (SSSR count). The van der Waals surface area contributed by atoms with Crippen LogP contribution in [0, 0.1) is 5.92 Å². The number of ether oxygens (including phenoxy) is 3. The van der Waals surface area contributed by atoms with E-state index in [1.165, 1.54) is 38.5 Å². The van der Waals surface area contributed by atoms with Gasteiger partial charge in [-0.25, -0.2) is 8.42 Å². The first-order chi connectivity index (χ1) is 12.5. The van der Waals surface area contributed by atoms with Gasteiger partial charge in [-0.2, -0.15) is 4.31 Å². The Balaban J connectivity index is 1.77. The Morgan fingerprint density at radius 1 is 1.00 bits per heavy atom. The zero-order valence-electron chi connectivity index (χ0n) is 15.7. The first-order valence-electron chi connectivity index (χ1n) is 9.03. The van der Waals surface area contributed by atoms with Crippen molar-refractivity contribution in [1.82, 2.24) is 9.62 Å². The minimum absolute atomic E-state index is 0.0627. The van der Waals surface area contributed by atoms with Gasteiger partial charge in [0.05, 0.1) is 21.3 Å². The summed E-state index contributed by atoms with van der Waals surface area (Å²) in [6.07, 6.45) is 4.26. The molecule has 2 aliphatic rings. The summed E-state index contributed by atoms with van der Waals surface area (Å²) in [5, 5.41) is 3.57. The average Bonchev–Trinajstić information content (AvgIpc) is 3.49. The molecule has 1 heterocycles. The smallest absolute Gasteiger partial charge is 0.250 e. The quantitative estimate of drug-likeness (QED) is 0.737. The highest BCUT2D eigenvalue weighted by atomic mass is 32.2. The number of nitrogens with one attached hydrogen (secondary N) is 1. The molecule has 0 aromatic heterocycles. The monoisotopic (exact) mass is 384 g/mol. The molecule has 2 fully saturated rings. The number of methoxy groups -OCH3 is 3. The van der Waals surface area contributed by atoms with E-state index < -0.39 is 10.0 Å². The Labute approximate surface area is 155 Å². The molecule has 7 nitrogen and oxygen atoms in total. The van der Waals surface area contributed by atoms with Gasteiger partial charge in [0.2, 0.25) is 10.0 Å². The van der Waals surface area contributed by atoms with E-state index in [0.29, 0.717) is 24.9 Å². The second-order valence-electron chi connectivity index (χ2n) is 6.89. The summed E-state index contributed by atoms with van der Waals surface area (Å²) in [5.74, 6) is 1.77. The van der Waals surface area contributed by atoms with E-state index in [2.05, 4.69) is 5.32 Å². The topological polar surface area (TPSA) is 77.1 Å². The Bertz CT molecular complexity index is 700. The average molecular weight is 384 g/mol. The molecule has 0 atom stereocenters. The molecule has 1 aliphatic heterocycles. The Kier molecular flexibility index (Phi) is 5.94. The van der Waals surface area contributed by atoms with Gasteiger partial charge in [0.25, 0.3) is 0 Å². The van der Waals surface area contributed by atoms with Gasteiger partial charge in [0.1, 0.15) is 17.2 Å². The first-order valence-corrected chi connectivity index (χ1v) is 10.5. The maximum atomic E-state index is 13.2. The fraction of sp³-hybridized carbons (Fsp3) is 0.667. The summed E-state index contributed by atoms with van der Waals surface area (Å²) in [5.41, 5.74) is 0. The summed E-state index contributed by atoms with van der Waals surface area (Å²) in [7, 11) is 0.692. The number of hydrogen-bond acceptors (Lipinski definition) is 6. The van der Waals surface area contributed by atoms with Crippen LogP contribution in [-0.2, 0) is 10.0 Å². The van der Waals surface area contributed by atoms with Crippen LogP contribution in [0.2, 0.25) is 0 Å². The zero-order valence-corrected chi connectivity index (χ0v) is 16.5. The molecular formula is C18H28N2O5S. The summed E-state index contributed by atoms with van der Waals surface area (Å²) in [4.78, 5) is 0.0627. The van der Waals surface area contributed by atoms with Gasteiger partial charge in [0.15, 0.2) is 4.90 Å². The lowest BCUT2D eigenvalue weighted by Crippen LogP contribution is -2.45. The van der Waals surface area contributed by atoms with Gasteiger partial charge in [-0.1, -0.05) is 0 Å². The van der Waals surface area contributed by atoms with Crippen molar-refractivity contribution in [3.8, 4) is 17.2 Å². The fourth-order valence-corrected chi connectivity index (χ4v) is 5.06. The predicted molar refractivity (Wildman–Crippen MR) is 98.6 cm³/mol. The molecule has 1 aromatic rings. The van der Waals surface area contributed by atoms with E-state index in [-0.39, 0.29) is 16.4 Å². The highest BCUT2D eigenvalue weighted by Crippen LogP contribution is 2.39. The van der Waals surface area contributed by atoms with E-state index in [4.69, 9.17) is 14.2 Å². The van der Waals surface area contributed by atoms with Crippen LogP contribution in [0.3, 0.4) is 0 Å². The van der Waals surface area contributed by atoms with Crippen molar-refractivity contribution < 1.29 is 22.6 Å². The molecule has 8 heteroatoms. The largest absolute Gasteiger partial charge is 0.496 e. The van der Waals surface area contributed by atoms with Crippen LogP contribution in [0.1, 0.15) is 25.7 Å². The van der Waals surface area contributed by atoms with Gasteiger partial charge in [-0.3, -0.25) is 0 Å². The van der Waals surface area contributed by atoms with E-state index in [9.17, 15) is 8.42 Å². The third-order valence-corrected chi connectivity index (χ3v) is 7.08. The zero-order chi connectivity index (χ0) is 18.7. The van der Waals surface area contributed by atoms with Gasteiger partial charge in [-0.05, 0) is 38.1 Å². The fourth-order valence-electron chi connectivity index (χ4n) is 3.31. The summed E-state index contributed by atoms with van der Waals surface area (Å²) < 4.78 is 43.8. The van der Waals surface area contributed by atoms with Crippen molar-refractivity contribution in [2.45, 2.75) is 36.6 Å². The Hall–Kier alpha value is -1.51. The molecule has 146 valence electrons. The minimum atomic E-state index is -3.71. The summed E-state index contributed by atoms with van der Waals surface area (Å²) in [6, 6.07) is 3.53. The van der Waals surface area contributed by atoms with Gasteiger partial charge in [0, 0.05) is 31.3 Å². The molecule has 0 amide bonds. The van der Waals surface area contributed by atoms with Crippen LogP contribution in [0.4, 0.5) is 0 Å². The van der Waals surface area contributed by atoms with E-state index >= 15 is 0 Å². The van der Waals surface area contributed by atoms with E-state index in [0.717, 1.165) is 25.3 Å². The molecule has 0 bridgehead atoms. The van der Waals surface area contributed by atoms with Gasteiger partial charge in [-0.15, -0.1) is 0 Å². The van der Waals surface area contributed by atoms with Crippen molar-refractivity contribution in [2.24, 2.45) is 5.92 Å². The maximum absolute atomic E-state index is 13.2. The lowest BCUT2D eigenvalue weighted by Gasteiger charge is -2.32. The van der Waals surface area contributed by atoms with Crippen LogP contribution >= 0.6 is 0 Å². The third-order valence-electron chi connectivity index (χ3n) is 5.11. The second kappa shape index (κ2) is 8.02. The molecule has 1 N–H and O–H groups in total.